The highest BCUT2D eigenvalue weighted by atomic mass is 16.5. The Morgan fingerprint density at radius 1 is 1.14 bits per heavy atom. The van der Waals surface area contributed by atoms with Gasteiger partial charge in [-0.25, -0.2) is 0 Å². The van der Waals surface area contributed by atoms with Crippen LogP contribution in [0, 0.1) is 0 Å². The summed E-state index contributed by atoms with van der Waals surface area (Å²) in [5, 5.41) is 0. The van der Waals surface area contributed by atoms with Crippen LogP contribution in [0.3, 0.4) is 0 Å². The minimum Gasteiger partial charge on any atom is -0.466 e. The molecule has 0 aliphatic rings. The lowest BCUT2D eigenvalue weighted by Gasteiger charge is -2.17. The van der Waals surface area contributed by atoms with Crippen LogP contribution in [-0.2, 0) is 9.53 Å². The maximum atomic E-state index is 11.0. The molecule has 0 aromatic rings. The second kappa shape index (κ2) is 9.00. The van der Waals surface area contributed by atoms with Crippen LogP contribution in [0.15, 0.2) is 0 Å². The van der Waals surface area contributed by atoms with Crippen molar-refractivity contribution in [3.8, 4) is 0 Å². The van der Waals surface area contributed by atoms with Crippen LogP contribution in [0.2, 0.25) is 0 Å². The highest BCUT2D eigenvalue weighted by Gasteiger charge is 2.02. The summed E-state index contributed by atoms with van der Waals surface area (Å²) < 4.78 is 4.85. The van der Waals surface area contributed by atoms with Gasteiger partial charge in [0.05, 0.1) is 6.61 Å². The summed E-state index contributed by atoms with van der Waals surface area (Å²) in [6.07, 6.45) is 2.59. The average molecular weight is 201 g/mol. The van der Waals surface area contributed by atoms with Crippen molar-refractivity contribution < 1.29 is 9.53 Å². The molecule has 0 radical (unpaired) electrons. The van der Waals surface area contributed by atoms with Crippen molar-refractivity contribution in [3.63, 3.8) is 0 Å². The summed E-state index contributed by atoms with van der Waals surface area (Å²) in [5.41, 5.74) is 0. The summed E-state index contributed by atoms with van der Waals surface area (Å²) >= 11 is 0. The molecule has 0 aliphatic heterocycles. The Morgan fingerprint density at radius 2 is 1.79 bits per heavy atom. The second-order valence-electron chi connectivity index (χ2n) is 3.29. The molecule has 0 rings (SSSR count). The summed E-state index contributed by atoms with van der Waals surface area (Å²) in [5.74, 6) is -0.0629. The van der Waals surface area contributed by atoms with Gasteiger partial charge < -0.3 is 9.64 Å². The van der Waals surface area contributed by atoms with Gasteiger partial charge in [0.25, 0.3) is 0 Å². The minimum absolute atomic E-state index is 0.0629. The quantitative estimate of drug-likeness (QED) is 0.445. The van der Waals surface area contributed by atoms with Crippen molar-refractivity contribution in [3.05, 3.63) is 0 Å². The van der Waals surface area contributed by atoms with Crippen LogP contribution >= 0.6 is 0 Å². The van der Waals surface area contributed by atoms with E-state index in [1.807, 2.05) is 6.92 Å². The first-order chi connectivity index (χ1) is 6.74. The van der Waals surface area contributed by atoms with Crippen molar-refractivity contribution in [1.82, 2.24) is 4.90 Å². The number of unbranched alkanes of at least 4 members (excludes halogenated alkanes) is 1. The summed E-state index contributed by atoms with van der Waals surface area (Å²) in [6.45, 7) is 9.94. The average Bonchev–Trinajstić information content (AvgIpc) is 2.19. The van der Waals surface area contributed by atoms with E-state index >= 15 is 0 Å². The first kappa shape index (κ1) is 13.4. The summed E-state index contributed by atoms with van der Waals surface area (Å²) in [4.78, 5) is 13.4. The van der Waals surface area contributed by atoms with Crippen molar-refractivity contribution in [2.75, 3.05) is 26.2 Å². The van der Waals surface area contributed by atoms with Gasteiger partial charge in [-0.1, -0.05) is 13.8 Å². The molecule has 0 fully saturated rings. The molecule has 3 nitrogen and oxygen atoms in total. The van der Waals surface area contributed by atoms with E-state index in [0.29, 0.717) is 13.0 Å². The molecule has 0 heterocycles. The summed E-state index contributed by atoms with van der Waals surface area (Å²) in [7, 11) is 0. The zero-order valence-electron chi connectivity index (χ0n) is 9.71. The zero-order valence-corrected chi connectivity index (χ0v) is 9.71. The van der Waals surface area contributed by atoms with Crippen LogP contribution in [-0.4, -0.2) is 37.1 Å². The van der Waals surface area contributed by atoms with E-state index in [1.165, 1.54) is 0 Å². The molecule has 0 N–H and O–H groups in total. The van der Waals surface area contributed by atoms with Crippen molar-refractivity contribution in [1.29, 1.82) is 0 Å². The third-order valence-corrected chi connectivity index (χ3v) is 2.30. The highest BCUT2D eigenvalue weighted by molar-refractivity contribution is 5.69. The van der Waals surface area contributed by atoms with Gasteiger partial charge in [0.1, 0.15) is 0 Å². The fourth-order valence-electron chi connectivity index (χ4n) is 1.38. The van der Waals surface area contributed by atoms with E-state index in [1.54, 1.807) is 0 Å². The topological polar surface area (TPSA) is 29.5 Å². The molecule has 3 heteroatoms. The molecule has 0 saturated carbocycles. The number of carbonyl (C=O) groups is 1. The van der Waals surface area contributed by atoms with Gasteiger partial charge in [0.15, 0.2) is 0 Å². The standard InChI is InChI=1S/C11H23NO2/c1-4-12(5-2)10-8-7-9-11(13)14-6-3/h4-10H2,1-3H3. The van der Waals surface area contributed by atoms with Gasteiger partial charge in [-0.15, -0.1) is 0 Å². The Kier molecular flexibility index (Phi) is 8.64. The largest absolute Gasteiger partial charge is 0.466 e. The van der Waals surface area contributed by atoms with E-state index in [0.717, 1.165) is 32.5 Å². The van der Waals surface area contributed by atoms with Gasteiger partial charge in [-0.3, -0.25) is 4.79 Å². The molecule has 0 saturated heterocycles. The number of rotatable bonds is 8. The molecule has 0 unspecified atom stereocenters. The fraction of sp³-hybridized carbons (Fsp3) is 0.909. The molecule has 84 valence electrons. The third-order valence-electron chi connectivity index (χ3n) is 2.30. The predicted octanol–water partition coefficient (Wildman–Crippen LogP) is 2.06. The van der Waals surface area contributed by atoms with Crippen LogP contribution in [0.25, 0.3) is 0 Å². The normalized spacial score (nSPS) is 10.6. The monoisotopic (exact) mass is 201 g/mol. The van der Waals surface area contributed by atoms with Gasteiger partial charge >= 0.3 is 5.97 Å². The van der Waals surface area contributed by atoms with Gasteiger partial charge in [-0.05, 0) is 39.4 Å². The van der Waals surface area contributed by atoms with Gasteiger partial charge in [0, 0.05) is 6.42 Å². The highest BCUT2D eigenvalue weighted by Crippen LogP contribution is 2.00. The number of esters is 1. The molecule has 0 aromatic carbocycles. The molecule has 0 aliphatic carbocycles. The number of carbonyl (C=O) groups excluding carboxylic acids is 1. The third kappa shape index (κ3) is 6.89. The summed E-state index contributed by atoms with van der Waals surface area (Å²) in [6, 6.07) is 0. The lowest BCUT2D eigenvalue weighted by Crippen LogP contribution is -2.24. The lowest BCUT2D eigenvalue weighted by molar-refractivity contribution is -0.143. The SMILES string of the molecule is CCOC(=O)CCCCN(CC)CC. The Hall–Kier alpha value is -0.570. The van der Waals surface area contributed by atoms with Crippen LogP contribution in [0.4, 0.5) is 0 Å². The maximum absolute atomic E-state index is 11.0. The van der Waals surface area contributed by atoms with Crippen molar-refractivity contribution in [2.45, 2.75) is 40.0 Å². The van der Waals surface area contributed by atoms with Crippen LogP contribution < -0.4 is 0 Å². The Labute approximate surface area is 87.4 Å². The second-order valence-corrected chi connectivity index (χ2v) is 3.29. The molecular weight excluding hydrogens is 178 g/mol. The Balaban J connectivity index is 3.32. The van der Waals surface area contributed by atoms with E-state index in [2.05, 4.69) is 18.7 Å². The van der Waals surface area contributed by atoms with Gasteiger partial charge in [-0.2, -0.15) is 0 Å². The molecule has 0 aromatic heterocycles. The Bertz CT molecular complexity index is 144. The fourth-order valence-corrected chi connectivity index (χ4v) is 1.38. The van der Waals surface area contributed by atoms with Crippen LogP contribution in [0.5, 0.6) is 0 Å². The molecule has 0 bridgehead atoms. The zero-order chi connectivity index (χ0) is 10.8. The van der Waals surface area contributed by atoms with E-state index in [-0.39, 0.29) is 5.97 Å². The lowest BCUT2D eigenvalue weighted by atomic mass is 10.2. The van der Waals surface area contributed by atoms with E-state index in [9.17, 15) is 4.79 Å². The number of hydrogen-bond acceptors (Lipinski definition) is 3. The smallest absolute Gasteiger partial charge is 0.305 e. The predicted molar refractivity (Wildman–Crippen MR) is 58.3 cm³/mol. The van der Waals surface area contributed by atoms with Crippen molar-refractivity contribution in [2.24, 2.45) is 0 Å². The van der Waals surface area contributed by atoms with E-state index in [4.69, 9.17) is 4.74 Å². The minimum atomic E-state index is -0.0629. The number of ether oxygens (including phenoxy) is 1. The van der Waals surface area contributed by atoms with E-state index < -0.39 is 0 Å². The first-order valence-electron chi connectivity index (χ1n) is 5.62. The first-order valence-corrected chi connectivity index (χ1v) is 5.62. The molecule has 0 amide bonds. The molecule has 14 heavy (non-hydrogen) atoms. The van der Waals surface area contributed by atoms with Crippen molar-refractivity contribution >= 4 is 5.97 Å². The number of nitrogens with zero attached hydrogens (tertiary/aromatic N) is 1. The van der Waals surface area contributed by atoms with Gasteiger partial charge in [0.2, 0.25) is 0 Å². The molecule has 0 spiro atoms. The Morgan fingerprint density at radius 3 is 2.29 bits per heavy atom. The molecule has 0 atom stereocenters. The number of hydrogen-bond donors (Lipinski definition) is 0. The maximum Gasteiger partial charge on any atom is 0.305 e. The van der Waals surface area contributed by atoms with Crippen LogP contribution in [0.1, 0.15) is 40.0 Å². The molecular formula is C11H23NO2.